The Morgan fingerprint density at radius 2 is 2.06 bits per heavy atom. The largest absolute Gasteiger partial charge is 0.440 e. The van der Waals surface area contributed by atoms with E-state index in [1.54, 1.807) is 19.1 Å². The standard InChI is InChI=1S/C20H17F2IN4O3S2/c1-3-31-20(25)32-19(24)26-17(28)11-7-12-16(15(22)14(11)21)27(8-30-18(12)29)13-5-4-10(23)6-9(13)2/h4-7,25H,3,8H2,1-2H3,(H2,24,26,28). The number of nitrogens with zero attached hydrogens (tertiary/aromatic N) is 2. The molecule has 3 N–H and O–H groups in total. The molecule has 1 amide bonds. The first-order valence-corrected chi connectivity index (χ1v) is 12.0. The number of cyclic esters (lactones) is 1. The number of benzene rings is 2. The van der Waals surface area contributed by atoms with Gasteiger partial charge >= 0.3 is 5.97 Å². The fourth-order valence-corrected chi connectivity index (χ4v) is 5.08. The lowest BCUT2D eigenvalue weighted by Gasteiger charge is -2.32. The number of nitrogens with one attached hydrogen (secondary N) is 1. The second-order valence-electron chi connectivity index (χ2n) is 6.45. The molecule has 0 saturated carbocycles. The summed E-state index contributed by atoms with van der Waals surface area (Å²) in [5, 5.41) is 7.39. The van der Waals surface area contributed by atoms with Crippen molar-refractivity contribution in [1.82, 2.24) is 0 Å². The fourth-order valence-electron chi connectivity index (χ4n) is 3.01. The van der Waals surface area contributed by atoms with Crippen LogP contribution in [-0.2, 0) is 4.74 Å². The predicted octanol–water partition coefficient (Wildman–Crippen LogP) is 5.02. The molecule has 0 unspecified atom stereocenters. The van der Waals surface area contributed by atoms with E-state index in [2.05, 4.69) is 27.6 Å². The highest BCUT2D eigenvalue weighted by atomic mass is 127. The molecule has 1 aliphatic rings. The molecule has 3 rings (SSSR count). The van der Waals surface area contributed by atoms with E-state index in [9.17, 15) is 14.0 Å². The van der Waals surface area contributed by atoms with Crippen molar-refractivity contribution in [2.24, 2.45) is 10.7 Å². The van der Waals surface area contributed by atoms with Gasteiger partial charge in [-0.05, 0) is 76.9 Å². The Hall–Kier alpha value is -2.19. The zero-order valence-electron chi connectivity index (χ0n) is 16.9. The Morgan fingerprint density at radius 3 is 2.72 bits per heavy atom. The van der Waals surface area contributed by atoms with Gasteiger partial charge in [0.05, 0.1) is 16.8 Å². The number of aryl methyl sites for hydroxylation is 1. The molecule has 0 saturated heterocycles. The number of nitrogens with two attached hydrogens (primary N) is 1. The van der Waals surface area contributed by atoms with Crippen LogP contribution in [0.5, 0.6) is 0 Å². The lowest BCUT2D eigenvalue weighted by molar-refractivity contribution is 0.0491. The van der Waals surface area contributed by atoms with Crippen LogP contribution < -0.4 is 10.6 Å². The Kier molecular flexibility index (Phi) is 7.77. The molecule has 0 atom stereocenters. The minimum absolute atomic E-state index is 0.103. The summed E-state index contributed by atoms with van der Waals surface area (Å²) in [4.78, 5) is 29.7. The first kappa shape index (κ1) is 24.5. The van der Waals surface area contributed by atoms with E-state index in [1.165, 1.54) is 16.7 Å². The van der Waals surface area contributed by atoms with Crippen molar-refractivity contribution in [3.63, 3.8) is 0 Å². The maximum atomic E-state index is 15.2. The Balaban J connectivity index is 2.04. The zero-order chi connectivity index (χ0) is 23.6. The molecule has 7 nitrogen and oxygen atoms in total. The van der Waals surface area contributed by atoms with Crippen LogP contribution in [0.1, 0.15) is 33.2 Å². The predicted molar refractivity (Wildman–Crippen MR) is 132 cm³/mol. The van der Waals surface area contributed by atoms with Gasteiger partial charge in [0.2, 0.25) is 0 Å². The number of amides is 1. The van der Waals surface area contributed by atoms with Crippen molar-refractivity contribution in [3.05, 3.63) is 56.2 Å². The summed E-state index contributed by atoms with van der Waals surface area (Å²) in [6.07, 6.45) is 0. The van der Waals surface area contributed by atoms with Crippen molar-refractivity contribution in [2.45, 2.75) is 13.8 Å². The number of amidine groups is 1. The molecule has 2 aromatic carbocycles. The summed E-state index contributed by atoms with van der Waals surface area (Å²) in [5.41, 5.74) is 5.58. The number of hydrogen-bond donors (Lipinski definition) is 2. The molecular formula is C20H17F2IN4O3S2. The van der Waals surface area contributed by atoms with Crippen LogP contribution in [0.3, 0.4) is 0 Å². The van der Waals surface area contributed by atoms with Crippen LogP contribution >= 0.6 is 46.1 Å². The van der Waals surface area contributed by atoms with E-state index in [0.29, 0.717) is 11.4 Å². The van der Waals surface area contributed by atoms with Crippen LogP contribution in [-0.4, -0.2) is 33.9 Å². The molecule has 0 aromatic heterocycles. The highest BCUT2D eigenvalue weighted by molar-refractivity contribution is 14.1. The minimum atomic E-state index is -1.45. The van der Waals surface area contributed by atoms with Crippen molar-refractivity contribution in [1.29, 1.82) is 5.41 Å². The molecule has 1 heterocycles. The number of rotatable bonds is 3. The number of thioether (sulfide) groups is 2. The number of halogens is 3. The normalized spacial score (nSPS) is 13.6. The number of hydrogen-bond acceptors (Lipinski definition) is 7. The number of fused-ring (bicyclic) bond motifs is 1. The van der Waals surface area contributed by atoms with Gasteiger partial charge in [-0.1, -0.05) is 6.92 Å². The zero-order valence-corrected chi connectivity index (χ0v) is 20.7. The molecule has 168 valence electrons. The molecule has 0 bridgehead atoms. The summed E-state index contributed by atoms with van der Waals surface area (Å²) >= 11 is 4.03. The molecule has 12 heteroatoms. The highest BCUT2D eigenvalue weighted by Crippen LogP contribution is 2.39. The van der Waals surface area contributed by atoms with Gasteiger partial charge in [-0.2, -0.15) is 4.99 Å². The average Bonchev–Trinajstić information content (AvgIpc) is 2.71. The van der Waals surface area contributed by atoms with E-state index in [1.807, 2.05) is 13.0 Å². The average molecular weight is 590 g/mol. The van der Waals surface area contributed by atoms with Gasteiger partial charge in [0.1, 0.15) is 4.38 Å². The van der Waals surface area contributed by atoms with Gasteiger partial charge in [0, 0.05) is 9.26 Å². The van der Waals surface area contributed by atoms with Gasteiger partial charge in [-0.15, -0.1) is 11.8 Å². The summed E-state index contributed by atoms with van der Waals surface area (Å²) < 4.78 is 36.3. The smallest absolute Gasteiger partial charge is 0.342 e. The third-order valence-corrected chi connectivity index (χ3v) is 6.67. The van der Waals surface area contributed by atoms with Gasteiger partial charge in [-0.3, -0.25) is 10.2 Å². The van der Waals surface area contributed by atoms with Crippen molar-refractivity contribution < 1.29 is 23.1 Å². The molecule has 0 spiro atoms. The van der Waals surface area contributed by atoms with Crippen LogP contribution in [0.25, 0.3) is 0 Å². The van der Waals surface area contributed by atoms with Gasteiger partial charge < -0.3 is 15.4 Å². The molecule has 0 fully saturated rings. The van der Waals surface area contributed by atoms with Crippen molar-refractivity contribution in [2.75, 3.05) is 17.4 Å². The van der Waals surface area contributed by atoms with Crippen molar-refractivity contribution in [3.8, 4) is 0 Å². The Bertz CT molecular complexity index is 1160. The van der Waals surface area contributed by atoms with Crippen LogP contribution in [0.2, 0.25) is 0 Å². The molecule has 32 heavy (non-hydrogen) atoms. The van der Waals surface area contributed by atoms with Gasteiger partial charge in [-0.25, -0.2) is 13.6 Å². The minimum Gasteiger partial charge on any atom is -0.440 e. The van der Waals surface area contributed by atoms with E-state index in [4.69, 9.17) is 15.9 Å². The fraction of sp³-hybridized carbons (Fsp3) is 0.200. The maximum Gasteiger partial charge on any atom is 0.342 e. The lowest BCUT2D eigenvalue weighted by atomic mass is 10.0. The quantitative estimate of drug-likeness (QED) is 0.224. The number of carbonyl (C=O) groups is 2. The molecule has 1 aliphatic heterocycles. The topological polar surface area (TPSA) is 109 Å². The molecule has 0 aliphatic carbocycles. The van der Waals surface area contributed by atoms with E-state index in [0.717, 1.165) is 27.0 Å². The van der Waals surface area contributed by atoms with Gasteiger partial charge in [0.25, 0.3) is 5.91 Å². The first-order valence-electron chi connectivity index (χ1n) is 9.14. The molecular weight excluding hydrogens is 573 g/mol. The third-order valence-electron chi connectivity index (χ3n) is 4.36. The van der Waals surface area contributed by atoms with E-state index >= 15 is 4.39 Å². The second kappa shape index (κ2) is 10.2. The van der Waals surface area contributed by atoms with Gasteiger partial charge in [0.15, 0.2) is 23.5 Å². The Labute approximate surface area is 204 Å². The van der Waals surface area contributed by atoms with E-state index < -0.39 is 29.1 Å². The number of ether oxygens (including phenoxy) is 1. The summed E-state index contributed by atoms with van der Waals surface area (Å²) in [5.74, 6) is -4.25. The number of anilines is 2. The number of carbonyl (C=O) groups excluding carboxylic acids is 2. The van der Waals surface area contributed by atoms with Crippen LogP contribution in [0, 0.1) is 27.5 Å². The lowest BCUT2D eigenvalue weighted by Crippen LogP contribution is -2.32. The summed E-state index contributed by atoms with van der Waals surface area (Å²) in [6, 6.07) is 6.26. The summed E-state index contributed by atoms with van der Waals surface area (Å²) in [6.45, 7) is 3.32. The van der Waals surface area contributed by atoms with E-state index in [-0.39, 0.29) is 27.5 Å². The molecule has 0 radical (unpaired) electrons. The number of aliphatic imine (C=N–C) groups is 1. The molecule has 2 aromatic rings. The SMILES string of the molecule is CCSC(=N)SC(N)=NC(=O)c1cc2c(c(F)c1F)N(c1ccc(I)cc1C)COC2=O. The van der Waals surface area contributed by atoms with Crippen molar-refractivity contribution >= 4 is 78.9 Å². The van der Waals surface area contributed by atoms with Crippen LogP contribution in [0.4, 0.5) is 20.2 Å². The monoisotopic (exact) mass is 590 g/mol. The number of esters is 1. The third kappa shape index (κ3) is 5.07. The Morgan fingerprint density at radius 1 is 1.34 bits per heavy atom. The first-order chi connectivity index (χ1) is 15.1. The van der Waals surface area contributed by atoms with Crippen LogP contribution in [0.15, 0.2) is 29.3 Å². The highest BCUT2D eigenvalue weighted by Gasteiger charge is 2.34. The maximum absolute atomic E-state index is 15.2. The summed E-state index contributed by atoms with van der Waals surface area (Å²) in [7, 11) is 0. The second-order valence-corrected chi connectivity index (χ2v) is 10.3.